The molecule has 1 heterocycles. The summed E-state index contributed by atoms with van der Waals surface area (Å²) < 4.78 is 16.3. The molecule has 1 aliphatic heterocycles. The standard InChI is InChI=1S/C21H34N2O5/c1-6-27-20(25)23-11-9-22(10-12-23)14-16(24)15-28-19-8-7-17(26-5)13-18(19)21(2,3)4/h7-8,13,16,24H,6,9-12,14-15H2,1-5H3/p+1/t16-/m1/s1. The van der Waals surface area contributed by atoms with Gasteiger partial charge in [-0.15, -0.1) is 0 Å². The van der Waals surface area contributed by atoms with Crippen molar-refractivity contribution in [1.29, 1.82) is 0 Å². The van der Waals surface area contributed by atoms with Gasteiger partial charge >= 0.3 is 6.09 Å². The van der Waals surface area contributed by atoms with Crippen LogP contribution in [0.1, 0.15) is 33.3 Å². The van der Waals surface area contributed by atoms with Crippen molar-refractivity contribution in [2.45, 2.75) is 39.2 Å². The van der Waals surface area contributed by atoms with Gasteiger partial charge in [0.2, 0.25) is 0 Å². The van der Waals surface area contributed by atoms with Crippen LogP contribution >= 0.6 is 0 Å². The molecule has 2 rings (SSSR count). The van der Waals surface area contributed by atoms with E-state index in [0.717, 1.165) is 30.2 Å². The average molecular weight is 396 g/mol. The number of aliphatic hydroxyl groups excluding tert-OH is 1. The molecule has 1 aromatic rings. The lowest BCUT2D eigenvalue weighted by Crippen LogP contribution is -3.16. The van der Waals surface area contributed by atoms with Gasteiger partial charge in [0.1, 0.15) is 30.8 Å². The van der Waals surface area contributed by atoms with E-state index in [9.17, 15) is 9.90 Å². The minimum Gasteiger partial charge on any atom is -0.497 e. The number of carbonyl (C=O) groups excluding carboxylic acids is 1. The Morgan fingerprint density at radius 2 is 1.96 bits per heavy atom. The summed E-state index contributed by atoms with van der Waals surface area (Å²) in [6.07, 6.45) is -0.821. The zero-order valence-electron chi connectivity index (χ0n) is 17.8. The van der Waals surface area contributed by atoms with Crippen molar-refractivity contribution in [3.63, 3.8) is 0 Å². The number of hydrogen-bond acceptors (Lipinski definition) is 5. The second-order valence-corrected chi connectivity index (χ2v) is 8.22. The number of hydrogen-bond donors (Lipinski definition) is 2. The number of rotatable bonds is 7. The number of nitrogens with zero attached hydrogens (tertiary/aromatic N) is 1. The molecule has 1 fully saturated rings. The summed E-state index contributed by atoms with van der Waals surface area (Å²) in [6, 6.07) is 5.76. The molecule has 0 unspecified atom stereocenters. The lowest BCUT2D eigenvalue weighted by atomic mass is 9.86. The topological polar surface area (TPSA) is 72.7 Å². The fourth-order valence-electron chi connectivity index (χ4n) is 3.35. The summed E-state index contributed by atoms with van der Waals surface area (Å²) in [4.78, 5) is 14.8. The Morgan fingerprint density at radius 3 is 2.54 bits per heavy atom. The zero-order valence-corrected chi connectivity index (χ0v) is 17.8. The number of amides is 1. The number of quaternary nitrogens is 1. The Balaban J connectivity index is 1.85. The van der Waals surface area contributed by atoms with E-state index >= 15 is 0 Å². The highest BCUT2D eigenvalue weighted by atomic mass is 16.6. The monoisotopic (exact) mass is 395 g/mol. The van der Waals surface area contributed by atoms with Gasteiger partial charge in [0, 0.05) is 5.56 Å². The van der Waals surface area contributed by atoms with Crippen LogP contribution in [0, 0.1) is 0 Å². The number of aliphatic hydroxyl groups is 1. The van der Waals surface area contributed by atoms with Gasteiger partial charge < -0.3 is 24.2 Å². The van der Waals surface area contributed by atoms with Gasteiger partial charge in [0.25, 0.3) is 0 Å². The molecule has 1 atom stereocenters. The van der Waals surface area contributed by atoms with Crippen molar-refractivity contribution in [2.24, 2.45) is 0 Å². The van der Waals surface area contributed by atoms with E-state index in [0.29, 0.717) is 26.2 Å². The van der Waals surface area contributed by atoms with Crippen LogP contribution in [-0.4, -0.2) is 75.3 Å². The van der Waals surface area contributed by atoms with Gasteiger partial charge in [-0.25, -0.2) is 4.79 Å². The van der Waals surface area contributed by atoms with Crippen molar-refractivity contribution < 1.29 is 29.0 Å². The van der Waals surface area contributed by atoms with Gasteiger partial charge in [0.05, 0.1) is 39.9 Å². The maximum Gasteiger partial charge on any atom is 0.410 e. The zero-order chi connectivity index (χ0) is 20.7. The number of nitrogens with one attached hydrogen (secondary N) is 1. The molecule has 2 N–H and O–H groups in total. The Kier molecular flexibility index (Phi) is 7.95. The van der Waals surface area contributed by atoms with Crippen LogP contribution in [0.2, 0.25) is 0 Å². The molecule has 158 valence electrons. The largest absolute Gasteiger partial charge is 0.497 e. The predicted octanol–water partition coefficient (Wildman–Crippen LogP) is 1.09. The smallest absolute Gasteiger partial charge is 0.410 e. The highest BCUT2D eigenvalue weighted by Crippen LogP contribution is 2.34. The summed E-state index contributed by atoms with van der Waals surface area (Å²) >= 11 is 0. The number of methoxy groups -OCH3 is 1. The van der Waals surface area contributed by atoms with Crippen molar-refractivity contribution in [3.05, 3.63) is 23.8 Å². The highest BCUT2D eigenvalue weighted by Gasteiger charge is 2.26. The van der Waals surface area contributed by atoms with E-state index in [1.54, 1.807) is 12.0 Å². The number of carbonyl (C=O) groups is 1. The van der Waals surface area contributed by atoms with E-state index in [-0.39, 0.29) is 18.1 Å². The normalized spacial score (nSPS) is 16.6. The van der Waals surface area contributed by atoms with Crippen LogP contribution in [0.5, 0.6) is 11.5 Å². The first kappa shape index (κ1) is 22.3. The van der Waals surface area contributed by atoms with Crippen LogP contribution in [0.4, 0.5) is 4.79 Å². The first-order valence-corrected chi connectivity index (χ1v) is 9.99. The Hall–Kier alpha value is -1.99. The number of ether oxygens (including phenoxy) is 3. The summed E-state index contributed by atoms with van der Waals surface area (Å²) in [5.41, 5.74) is 0.957. The molecule has 7 nitrogen and oxygen atoms in total. The second-order valence-electron chi connectivity index (χ2n) is 8.22. The fraction of sp³-hybridized carbons (Fsp3) is 0.667. The second kappa shape index (κ2) is 9.98. The van der Waals surface area contributed by atoms with Crippen LogP contribution in [0.15, 0.2) is 18.2 Å². The lowest BCUT2D eigenvalue weighted by Gasteiger charge is -2.32. The summed E-state index contributed by atoms with van der Waals surface area (Å²) in [7, 11) is 1.65. The molecule has 1 amide bonds. The molecule has 0 bridgehead atoms. The Bertz CT molecular complexity index is 636. The van der Waals surface area contributed by atoms with Gasteiger partial charge in [-0.05, 0) is 30.5 Å². The highest BCUT2D eigenvalue weighted by molar-refractivity contribution is 5.67. The van der Waals surface area contributed by atoms with E-state index in [1.165, 1.54) is 4.90 Å². The summed E-state index contributed by atoms with van der Waals surface area (Å²) in [5.74, 6) is 1.57. The third kappa shape index (κ3) is 6.27. The van der Waals surface area contributed by atoms with Gasteiger partial charge in [-0.1, -0.05) is 20.8 Å². The summed E-state index contributed by atoms with van der Waals surface area (Å²) in [5, 5.41) is 10.4. The molecule has 7 heteroatoms. The van der Waals surface area contributed by atoms with Crippen molar-refractivity contribution in [2.75, 3.05) is 53.0 Å². The molecule has 1 aromatic carbocycles. The quantitative estimate of drug-likeness (QED) is 0.723. The van der Waals surface area contributed by atoms with Crippen molar-refractivity contribution in [3.8, 4) is 11.5 Å². The Morgan fingerprint density at radius 1 is 1.29 bits per heavy atom. The van der Waals surface area contributed by atoms with Gasteiger partial charge in [-0.2, -0.15) is 0 Å². The molecule has 0 aromatic heterocycles. The fourth-order valence-corrected chi connectivity index (χ4v) is 3.35. The molecule has 0 aliphatic carbocycles. The molecule has 1 aliphatic rings. The minimum atomic E-state index is -0.570. The number of piperazine rings is 1. The van der Waals surface area contributed by atoms with Crippen LogP contribution in [0.25, 0.3) is 0 Å². The van der Waals surface area contributed by atoms with Crippen molar-refractivity contribution in [1.82, 2.24) is 4.90 Å². The molecular formula is C21H35N2O5+. The molecule has 0 saturated carbocycles. The van der Waals surface area contributed by atoms with Crippen molar-refractivity contribution >= 4 is 6.09 Å². The Labute approximate surface area is 168 Å². The molecule has 28 heavy (non-hydrogen) atoms. The molecule has 1 saturated heterocycles. The molecule has 0 spiro atoms. The van der Waals surface area contributed by atoms with E-state index in [1.807, 2.05) is 25.1 Å². The van der Waals surface area contributed by atoms with Crippen LogP contribution < -0.4 is 14.4 Å². The summed E-state index contributed by atoms with van der Waals surface area (Å²) in [6.45, 7) is 12.3. The lowest BCUT2D eigenvalue weighted by molar-refractivity contribution is -0.907. The predicted molar refractivity (Wildman–Crippen MR) is 107 cm³/mol. The van der Waals surface area contributed by atoms with E-state index < -0.39 is 6.10 Å². The van der Waals surface area contributed by atoms with Crippen LogP contribution in [-0.2, 0) is 10.2 Å². The first-order chi connectivity index (χ1) is 13.2. The van der Waals surface area contributed by atoms with E-state index in [2.05, 4.69) is 20.8 Å². The van der Waals surface area contributed by atoms with Gasteiger partial charge in [0.15, 0.2) is 0 Å². The molecule has 0 radical (unpaired) electrons. The first-order valence-electron chi connectivity index (χ1n) is 9.99. The maximum atomic E-state index is 11.8. The molecular weight excluding hydrogens is 360 g/mol. The third-order valence-corrected chi connectivity index (χ3v) is 4.95. The van der Waals surface area contributed by atoms with Crippen LogP contribution in [0.3, 0.4) is 0 Å². The van der Waals surface area contributed by atoms with Gasteiger partial charge in [-0.3, -0.25) is 4.90 Å². The third-order valence-electron chi connectivity index (χ3n) is 4.95. The average Bonchev–Trinajstić information content (AvgIpc) is 2.66. The maximum absolute atomic E-state index is 11.8. The van der Waals surface area contributed by atoms with E-state index in [4.69, 9.17) is 14.2 Å². The SMILES string of the molecule is CCOC(=O)N1CC[NH+](C[C@@H](O)COc2ccc(OC)cc2C(C)(C)C)CC1. The minimum absolute atomic E-state index is 0.0937. The number of benzene rings is 1.